The first-order valence-electron chi connectivity index (χ1n) is 21.1. The van der Waals surface area contributed by atoms with Crippen molar-refractivity contribution in [2.75, 3.05) is 56.6 Å². The van der Waals surface area contributed by atoms with Crippen molar-refractivity contribution in [1.29, 1.82) is 0 Å². The molecule has 23 heteroatoms. The fraction of sp³-hybridized carbons (Fsp3) is 0.500. The maximum Gasteiger partial charge on any atom is 0.303 e. The van der Waals surface area contributed by atoms with Gasteiger partial charge in [-0.25, -0.2) is 0 Å². The highest BCUT2D eigenvalue weighted by Crippen LogP contribution is 2.26. The molecule has 3 aliphatic heterocycles. The highest BCUT2D eigenvalue weighted by molar-refractivity contribution is 6.01. The van der Waals surface area contributed by atoms with E-state index in [1.807, 2.05) is 0 Å². The average Bonchev–Trinajstić information content (AvgIpc) is 3.27. The van der Waals surface area contributed by atoms with Crippen LogP contribution in [0.25, 0.3) is 0 Å². The minimum atomic E-state index is -1.19. The number of aliphatic hydroxyl groups is 1. The van der Waals surface area contributed by atoms with E-state index in [2.05, 4.69) is 47.9 Å². The van der Waals surface area contributed by atoms with Crippen LogP contribution in [0.1, 0.15) is 73.6 Å². The van der Waals surface area contributed by atoms with E-state index in [1.165, 1.54) is 19.1 Å². The summed E-state index contributed by atoms with van der Waals surface area (Å²) in [7, 11) is 0. The van der Waals surface area contributed by atoms with Crippen molar-refractivity contribution in [3.8, 4) is 11.5 Å². The monoisotopic (exact) mass is 910 g/mol. The third kappa shape index (κ3) is 16.3. The lowest BCUT2D eigenvalue weighted by molar-refractivity contribution is -0.138. The van der Waals surface area contributed by atoms with Gasteiger partial charge in [0.15, 0.2) is 0 Å². The predicted octanol–water partition coefficient (Wildman–Crippen LogP) is -1.93. The van der Waals surface area contributed by atoms with E-state index in [4.69, 9.17) is 20.3 Å². The van der Waals surface area contributed by atoms with Crippen LogP contribution < -0.4 is 63.1 Å². The first kappa shape index (κ1) is 50.8. The topological polar surface area (TPSA) is 347 Å². The standard InChI is InChI=1S/C22H31N5O6.C20H27N5O7/c1-13-12-33-18-3-2-15(26-20(30)14-4-7-23-8-5-14)10-16(18)21(31)24-9-6-19(29)27-17(11-28)22(32)25-13;1-10-9-32-16-5-3-12(24-11(2)26)7-13(16)18(29)22-8-14(21)19(30)25-15(20(31)23-10)4-6-17(27)28/h2-3,10,13-14,17,23,28H,4-9,11-12H2,1H3,(H,24,31)(H,25,32)(H,26,30)(H,27,29);3,5,7,10,14-15H,4,6,8-9,21H2,1-2H3,(H,22,29)(H,23,31)(H,24,26)(H,25,30)(H,27,28). The molecule has 1 fully saturated rings. The zero-order valence-electron chi connectivity index (χ0n) is 36.4. The Labute approximate surface area is 374 Å². The van der Waals surface area contributed by atoms with E-state index in [-0.39, 0.29) is 85.9 Å². The number of anilines is 2. The van der Waals surface area contributed by atoms with Crippen LogP contribution in [0.5, 0.6) is 11.5 Å². The smallest absolute Gasteiger partial charge is 0.303 e. The largest absolute Gasteiger partial charge is 0.491 e. The minimum absolute atomic E-state index is 0.00931. The van der Waals surface area contributed by atoms with Crippen molar-refractivity contribution in [1.82, 2.24) is 37.2 Å². The Balaban J connectivity index is 0.000000285. The van der Waals surface area contributed by atoms with Gasteiger partial charge in [-0.15, -0.1) is 0 Å². The van der Waals surface area contributed by atoms with E-state index < -0.39 is 78.2 Å². The van der Waals surface area contributed by atoms with Gasteiger partial charge in [0.1, 0.15) is 42.8 Å². The first-order chi connectivity index (χ1) is 30.9. The molecule has 2 aromatic rings. The SMILES string of the molecule is CC(=O)Nc1ccc2c(c1)C(=O)NCC(N)C(=O)NC(CCC(=O)O)C(=O)NC(C)CO2.CC1COc2ccc(NC(=O)C3CCNCC3)cc2C(=O)NCCC(=O)NC(CO)C(=O)N1. The Hall–Kier alpha value is -6.85. The van der Waals surface area contributed by atoms with Crippen LogP contribution in [0.15, 0.2) is 36.4 Å². The summed E-state index contributed by atoms with van der Waals surface area (Å²) in [6.07, 6.45) is 0.966. The molecular formula is C42H58N10O13. The van der Waals surface area contributed by atoms with Gasteiger partial charge in [0.05, 0.1) is 29.8 Å². The lowest BCUT2D eigenvalue weighted by atomic mass is 9.97. The molecule has 5 atom stereocenters. The van der Waals surface area contributed by atoms with E-state index in [9.17, 15) is 48.3 Å². The van der Waals surface area contributed by atoms with Crippen LogP contribution in [-0.4, -0.2) is 140 Å². The van der Waals surface area contributed by atoms with E-state index in [1.54, 1.807) is 38.1 Å². The van der Waals surface area contributed by atoms with Crippen molar-refractivity contribution in [3.63, 3.8) is 0 Å². The van der Waals surface area contributed by atoms with Crippen molar-refractivity contribution >= 4 is 64.6 Å². The molecule has 5 unspecified atom stereocenters. The number of amides is 8. The molecule has 3 aliphatic rings. The number of hydrogen-bond acceptors (Lipinski definition) is 14. The van der Waals surface area contributed by atoms with E-state index in [0.717, 1.165) is 25.9 Å². The molecule has 2 aromatic carbocycles. The fourth-order valence-corrected chi connectivity index (χ4v) is 6.60. The summed E-state index contributed by atoms with van der Waals surface area (Å²) in [6, 6.07) is 4.90. The molecule has 65 heavy (non-hydrogen) atoms. The maximum atomic E-state index is 12.8. The molecule has 23 nitrogen and oxygen atoms in total. The number of benzene rings is 2. The predicted molar refractivity (Wildman–Crippen MR) is 233 cm³/mol. The summed E-state index contributed by atoms with van der Waals surface area (Å²) < 4.78 is 11.5. The fourth-order valence-electron chi connectivity index (χ4n) is 6.60. The highest BCUT2D eigenvalue weighted by Gasteiger charge is 2.28. The summed E-state index contributed by atoms with van der Waals surface area (Å²) in [4.78, 5) is 110. The number of aliphatic carboxylic acids is 1. The number of hydrogen-bond donors (Lipinski definition) is 12. The van der Waals surface area contributed by atoms with Gasteiger partial charge in [-0.3, -0.25) is 43.2 Å². The van der Waals surface area contributed by atoms with Crippen LogP contribution in [0, 0.1) is 5.92 Å². The third-order valence-corrected chi connectivity index (χ3v) is 10.1. The molecule has 5 rings (SSSR count). The Kier molecular flexibility index (Phi) is 19.4. The zero-order valence-corrected chi connectivity index (χ0v) is 36.4. The third-order valence-electron chi connectivity index (χ3n) is 10.1. The number of carbonyl (C=O) groups excluding carboxylic acids is 8. The van der Waals surface area contributed by atoms with Gasteiger partial charge < -0.3 is 73.3 Å². The van der Waals surface area contributed by atoms with Gasteiger partial charge in [0.25, 0.3) is 11.8 Å². The lowest BCUT2D eigenvalue weighted by Gasteiger charge is -2.24. The first-order valence-corrected chi connectivity index (χ1v) is 21.1. The van der Waals surface area contributed by atoms with Crippen molar-refractivity contribution in [2.24, 2.45) is 11.7 Å². The second-order valence-corrected chi connectivity index (χ2v) is 15.7. The second-order valence-electron chi connectivity index (χ2n) is 15.7. The molecule has 1 saturated heterocycles. The van der Waals surface area contributed by atoms with Crippen LogP contribution in [0.4, 0.5) is 11.4 Å². The van der Waals surface area contributed by atoms with Crippen molar-refractivity contribution < 1.29 is 62.8 Å². The van der Waals surface area contributed by atoms with Crippen molar-refractivity contribution in [3.05, 3.63) is 47.5 Å². The number of fused-ring (bicyclic) bond motifs is 2. The number of carboxylic acids is 1. The Morgan fingerprint density at radius 2 is 1.29 bits per heavy atom. The summed E-state index contributed by atoms with van der Waals surface area (Å²) >= 11 is 0. The number of carbonyl (C=O) groups is 9. The van der Waals surface area contributed by atoms with Crippen LogP contribution in [0.3, 0.4) is 0 Å². The van der Waals surface area contributed by atoms with Crippen LogP contribution in [-0.2, 0) is 33.6 Å². The molecule has 8 amide bonds. The maximum absolute atomic E-state index is 12.8. The van der Waals surface area contributed by atoms with Gasteiger partial charge in [-0.1, -0.05) is 0 Å². The number of nitrogens with two attached hydrogens (primary N) is 1. The number of piperidine rings is 1. The van der Waals surface area contributed by atoms with Gasteiger partial charge in [-0.2, -0.15) is 0 Å². The van der Waals surface area contributed by atoms with Gasteiger partial charge in [0.2, 0.25) is 35.4 Å². The average molecular weight is 911 g/mol. The molecule has 354 valence electrons. The van der Waals surface area contributed by atoms with E-state index in [0.29, 0.717) is 11.4 Å². The van der Waals surface area contributed by atoms with Gasteiger partial charge in [-0.05, 0) is 82.6 Å². The van der Waals surface area contributed by atoms with Crippen LogP contribution >= 0.6 is 0 Å². The summed E-state index contributed by atoms with van der Waals surface area (Å²) in [5.74, 6) is -4.46. The molecule has 0 radical (unpaired) electrons. The molecule has 0 saturated carbocycles. The number of ether oxygens (including phenoxy) is 2. The van der Waals surface area contributed by atoms with Crippen LogP contribution in [0.2, 0.25) is 0 Å². The number of carboxylic acid groups (broad SMARTS) is 1. The second kappa shape index (κ2) is 24.9. The summed E-state index contributed by atoms with van der Waals surface area (Å²) in [6.45, 7) is 5.53. The molecular weight excluding hydrogens is 853 g/mol. The zero-order chi connectivity index (χ0) is 47.6. The number of aliphatic hydroxyl groups excluding tert-OH is 1. The highest BCUT2D eigenvalue weighted by atomic mass is 16.5. The quantitative estimate of drug-likeness (QED) is 0.144. The van der Waals surface area contributed by atoms with Gasteiger partial charge >= 0.3 is 5.97 Å². The Morgan fingerprint density at radius 1 is 0.738 bits per heavy atom. The number of rotatable bonds is 7. The summed E-state index contributed by atoms with van der Waals surface area (Å²) in [5.41, 5.74) is 7.00. The Morgan fingerprint density at radius 3 is 1.85 bits per heavy atom. The molecule has 0 aliphatic carbocycles. The summed E-state index contributed by atoms with van der Waals surface area (Å²) in [5, 5.41) is 42.4. The lowest BCUT2D eigenvalue weighted by Crippen LogP contribution is -2.56. The minimum Gasteiger partial charge on any atom is -0.491 e. The molecule has 0 bridgehead atoms. The van der Waals surface area contributed by atoms with Gasteiger partial charge in [0, 0.05) is 50.1 Å². The molecule has 13 N–H and O–H groups in total. The van der Waals surface area contributed by atoms with E-state index >= 15 is 0 Å². The molecule has 3 heterocycles. The van der Waals surface area contributed by atoms with Crippen molar-refractivity contribution in [2.45, 2.75) is 83.1 Å². The number of nitrogens with one attached hydrogen (secondary N) is 9. The molecule has 0 aromatic heterocycles. The molecule has 0 spiro atoms. The Bertz CT molecular complexity index is 2080. The normalized spacial score (nSPS) is 22.7.